The highest BCUT2D eigenvalue weighted by Gasteiger charge is 2.19. The number of ether oxygens (including phenoxy) is 1. The molecule has 0 N–H and O–H groups in total. The highest BCUT2D eigenvalue weighted by atomic mass is 16.5. The summed E-state index contributed by atoms with van der Waals surface area (Å²) in [5.41, 5.74) is 0.762. The van der Waals surface area contributed by atoms with E-state index in [2.05, 4.69) is 0 Å². The Hall–Kier alpha value is -2.04. The molecule has 0 aliphatic carbocycles. The summed E-state index contributed by atoms with van der Waals surface area (Å²) in [4.78, 5) is 27.7. The van der Waals surface area contributed by atoms with Gasteiger partial charge in [0.1, 0.15) is 5.75 Å². The molecule has 0 aromatic heterocycles. The molecule has 1 heterocycles. The van der Waals surface area contributed by atoms with E-state index in [1.54, 1.807) is 12.0 Å². The Bertz CT molecular complexity index is 524. The minimum absolute atomic E-state index is 0.0697. The number of hydrogen-bond donors (Lipinski definition) is 0. The minimum atomic E-state index is -0.0697. The number of rotatable bonds is 5. The second-order valence-electron chi connectivity index (χ2n) is 5.56. The summed E-state index contributed by atoms with van der Waals surface area (Å²) in [5.74, 6) is 0.764. The first-order chi connectivity index (χ1) is 10.6. The molecule has 1 aromatic carbocycles. The molecule has 5 heteroatoms. The zero-order valence-electron chi connectivity index (χ0n) is 13.4. The van der Waals surface area contributed by atoms with Crippen molar-refractivity contribution in [3.63, 3.8) is 0 Å². The topological polar surface area (TPSA) is 49.9 Å². The molecule has 2 rings (SSSR count). The van der Waals surface area contributed by atoms with E-state index < -0.39 is 0 Å². The van der Waals surface area contributed by atoms with Gasteiger partial charge in [-0.05, 0) is 31.4 Å². The Labute approximate surface area is 131 Å². The average molecular weight is 304 g/mol. The number of likely N-dealkylation sites (tertiary alicyclic amines) is 1. The number of hydrogen-bond acceptors (Lipinski definition) is 3. The van der Waals surface area contributed by atoms with Gasteiger partial charge in [-0.2, -0.15) is 0 Å². The van der Waals surface area contributed by atoms with Gasteiger partial charge in [0.05, 0.1) is 7.11 Å². The van der Waals surface area contributed by atoms with Crippen LogP contribution in [-0.4, -0.2) is 43.5 Å². The van der Waals surface area contributed by atoms with Gasteiger partial charge < -0.3 is 14.5 Å². The first-order valence-electron chi connectivity index (χ1n) is 7.82. The van der Waals surface area contributed by atoms with Crippen LogP contribution in [0.15, 0.2) is 24.3 Å². The Kier molecular flexibility index (Phi) is 5.81. The first kappa shape index (κ1) is 16.3. The van der Waals surface area contributed by atoms with E-state index in [4.69, 9.17) is 4.74 Å². The van der Waals surface area contributed by atoms with Crippen LogP contribution in [0.5, 0.6) is 5.75 Å². The third-order valence-electron chi connectivity index (χ3n) is 4.00. The second kappa shape index (κ2) is 7.82. The lowest BCUT2D eigenvalue weighted by atomic mass is 10.1. The van der Waals surface area contributed by atoms with Gasteiger partial charge in [0, 0.05) is 44.7 Å². The minimum Gasteiger partial charge on any atom is -0.497 e. The summed E-state index contributed by atoms with van der Waals surface area (Å²) in [6, 6.07) is 7.35. The van der Waals surface area contributed by atoms with Crippen LogP contribution in [0.2, 0.25) is 0 Å². The summed E-state index contributed by atoms with van der Waals surface area (Å²) < 4.78 is 5.19. The molecule has 0 saturated carbocycles. The fourth-order valence-electron chi connectivity index (χ4n) is 2.76. The predicted octanol–water partition coefficient (Wildman–Crippen LogP) is 2.45. The molecular weight excluding hydrogens is 280 g/mol. The summed E-state index contributed by atoms with van der Waals surface area (Å²) in [6.45, 7) is 3.61. The lowest BCUT2D eigenvalue weighted by Crippen LogP contribution is -2.38. The zero-order chi connectivity index (χ0) is 15.9. The Morgan fingerprint density at radius 2 is 1.95 bits per heavy atom. The number of carbonyl (C=O) groups excluding carboxylic acids is 2. The SMILES string of the molecule is COc1cccc(N(CCC(=O)N2CCCCC2)C(C)=O)c1. The fourth-order valence-corrected chi connectivity index (χ4v) is 2.76. The molecule has 1 fully saturated rings. The standard InChI is InChI=1S/C17H24N2O3/c1-14(20)19(15-7-6-8-16(13-15)22-2)12-9-17(21)18-10-4-3-5-11-18/h6-8,13H,3-5,9-12H2,1-2H3. The molecule has 0 unspecified atom stereocenters. The Morgan fingerprint density at radius 1 is 1.23 bits per heavy atom. The highest BCUT2D eigenvalue weighted by molar-refractivity contribution is 5.92. The lowest BCUT2D eigenvalue weighted by molar-refractivity contribution is -0.131. The lowest BCUT2D eigenvalue weighted by Gasteiger charge is -2.28. The van der Waals surface area contributed by atoms with E-state index in [0.717, 1.165) is 31.6 Å². The van der Waals surface area contributed by atoms with Crippen molar-refractivity contribution in [2.75, 3.05) is 31.6 Å². The van der Waals surface area contributed by atoms with Gasteiger partial charge in [0.25, 0.3) is 0 Å². The average Bonchev–Trinajstić information content (AvgIpc) is 2.55. The number of anilines is 1. The van der Waals surface area contributed by atoms with Gasteiger partial charge >= 0.3 is 0 Å². The van der Waals surface area contributed by atoms with Crippen LogP contribution in [0.25, 0.3) is 0 Å². The number of carbonyl (C=O) groups is 2. The van der Waals surface area contributed by atoms with Crippen LogP contribution in [0, 0.1) is 0 Å². The Morgan fingerprint density at radius 3 is 2.59 bits per heavy atom. The van der Waals surface area contributed by atoms with Gasteiger partial charge in [-0.3, -0.25) is 9.59 Å². The predicted molar refractivity (Wildman–Crippen MR) is 86.1 cm³/mol. The number of piperidine rings is 1. The molecule has 1 aliphatic rings. The summed E-state index contributed by atoms with van der Waals surface area (Å²) in [5, 5.41) is 0. The second-order valence-corrected chi connectivity index (χ2v) is 5.56. The Balaban J connectivity index is 1.99. The zero-order valence-corrected chi connectivity index (χ0v) is 13.4. The van der Waals surface area contributed by atoms with Crippen molar-refractivity contribution in [3.8, 4) is 5.75 Å². The number of methoxy groups -OCH3 is 1. The van der Waals surface area contributed by atoms with Crippen molar-refractivity contribution < 1.29 is 14.3 Å². The number of nitrogens with zero attached hydrogens (tertiary/aromatic N) is 2. The molecule has 22 heavy (non-hydrogen) atoms. The molecule has 0 bridgehead atoms. The van der Waals surface area contributed by atoms with Crippen LogP contribution in [0.3, 0.4) is 0 Å². The third kappa shape index (κ3) is 4.23. The molecule has 0 atom stereocenters. The fraction of sp³-hybridized carbons (Fsp3) is 0.529. The third-order valence-corrected chi connectivity index (χ3v) is 4.00. The van der Waals surface area contributed by atoms with E-state index in [-0.39, 0.29) is 11.8 Å². The molecule has 5 nitrogen and oxygen atoms in total. The summed E-state index contributed by atoms with van der Waals surface area (Å²) in [7, 11) is 1.59. The van der Waals surface area contributed by atoms with Crippen molar-refractivity contribution in [2.24, 2.45) is 0 Å². The van der Waals surface area contributed by atoms with Gasteiger partial charge in [0.15, 0.2) is 0 Å². The molecule has 1 aromatic rings. The molecule has 2 amide bonds. The van der Waals surface area contributed by atoms with E-state index in [9.17, 15) is 9.59 Å². The quantitative estimate of drug-likeness (QED) is 0.839. The van der Waals surface area contributed by atoms with Crippen LogP contribution < -0.4 is 9.64 Å². The van der Waals surface area contributed by atoms with Crippen LogP contribution in [-0.2, 0) is 9.59 Å². The van der Waals surface area contributed by atoms with Gasteiger partial charge in [0.2, 0.25) is 11.8 Å². The largest absolute Gasteiger partial charge is 0.497 e. The molecule has 0 radical (unpaired) electrons. The van der Waals surface area contributed by atoms with Crippen LogP contribution >= 0.6 is 0 Å². The van der Waals surface area contributed by atoms with Crippen molar-refractivity contribution in [1.29, 1.82) is 0 Å². The molecular formula is C17H24N2O3. The van der Waals surface area contributed by atoms with Crippen molar-refractivity contribution in [1.82, 2.24) is 4.90 Å². The van der Waals surface area contributed by atoms with Gasteiger partial charge in [-0.25, -0.2) is 0 Å². The maximum Gasteiger partial charge on any atom is 0.224 e. The molecule has 1 saturated heterocycles. The summed E-state index contributed by atoms with van der Waals surface area (Å²) in [6.07, 6.45) is 3.72. The molecule has 1 aliphatic heterocycles. The van der Waals surface area contributed by atoms with Gasteiger partial charge in [-0.1, -0.05) is 6.07 Å². The van der Waals surface area contributed by atoms with Crippen molar-refractivity contribution >= 4 is 17.5 Å². The van der Waals surface area contributed by atoms with Crippen molar-refractivity contribution in [2.45, 2.75) is 32.6 Å². The van der Waals surface area contributed by atoms with Crippen LogP contribution in [0.1, 0.15) is 32.6 Å². The maximum absolute atomic E-state index is 12.2. The van der Waals surface area contributed by atoms with Gasteiger partial charge in [-0.15, -0.1) is 0 Å². The number of amides is 2. The first-order valence-corrected chi connectivity index (χ1v) is 7.82. The monoisotopic (exact) mass is 304 g/mol. The van der Waals surface area contributed by atoms with E-state index >= 15 is 0 Å². The smallest absolute Gasteiger partial charge is 0.224 e. The van der Waals surface area contributed by atoms with Crippen LogP contribution in [0.4, 0.5) is 5.69 Å². The molecule has 120 valence electrons. The van der Waals surface area contributed by atoms with E-state index in [0.29, 0.717) is 18.7 Å². The summed E-state index contributed by atoms with van der Waals surface area (Å²) >= 11 is 0. The highest BCUT2D eigenvalue weighted by Crippen LogP contribution is 2.21. The number of benzene rings is 1. The van der Waals surface area contributed by atoms with E-state index in [1.807, 2.05) is 29.2 Å². The van der Waals surface area contributed by atoms with E-state index in [1.165, 1.54) is 13.3 Å². The normalized spacial score (nSPS) is 14.5. The van der Waals surface area contributed by atoms with Crippen molar-refractivity contribution in [3.05, 3.63) is 24.3 Å². The maximum atomic E-state index is 12.2. The molecule has 0 spiro atoms.